The van der Waals surface area contributed by atoms with Gasteiger partial charge in [0.15, 0.2) is 0 Å². The van der Waals surface area contributed by atoms with Gasteiger partial charge in [0.05, 0.1) is 24.1 Å². The molecule has 1 heterocycles. The Labute approximate surface area is 163 Å². The van der Waals surface area contributed by atoms with Gasteiger partial charge in [-0.05, 0) is 36.4 Å². The molecule has 1 unspecified atom stereocenters. The number of hydrogen-bond acceptors (Lipinski definition) is 5. The van der Waals surface area contributed by atoms with Crippen LogP contribution in [0, 0.1) is 0 Å². The summed E-state index contributed by atoms with van der Waals surface area (Å²) < 4.78 is 32.4. The number of anilines is 1. The molecule has 1 atom stereocenters. The topological polar surface area (TPSA) is 84.0 Å². The molecule has 2 aromatic carbocycles. The Hall–Kier alpha value is -2.97. The van der Waals surface area contributed by atoms with Gasteiger partial charge in [0.2, 0.25) is 15.9 Å². The van der Waals surface area contributed by atoms with E-state index in [2.05, 4.69) is 6.58 Å². The van der Waals surface area contributed by atoms with Crippen molar-refractivity contribution < 1.29 is 22.7 Å². The van der Waals surface area contributed by atoms with Crippen LogP contribution in [0.1, 0.15) is 6.42 Å². The number of ether oxygens (including phenoxy) is 1. The SMILES string of the molecule is C=CCN(C1CC(=O)N(c2ccccc2)C1=O)S(=O)(=O)c1ccc(OC)cc1. The van der Waals surface area contributed by atoms with Crippen molar-refractivity contribution in [3.8, 4) is 5.75 Å². The number of nitrogens with zero attached hydrogens (tertiary/aromatic N) is 2. The molecule has 1 saturated heterocycles. The molecular weight excluding hydrogens is 380 g/mol. The molecule has 2 aromatic rings. The third kappa shape index (κ3) is 3.56. The summed E-state index contributed by atoms with van der Waals surface area (Å²) in [5, 5.41) is 0. The van der Waals surface area contributed by atoms with Crippen LogP contribution in [0.5, 0.6) is 5.75 Å². The maximum atomic E-state index is 13.2. The van der Waals surface area contributed by atoms with E-state index < -0.39 is 27.9 Å². The zero-order valence-corrected chi connectivity index (χ0v) is 16.1. The Bertz CT molecular complexity index is 987. The van der Waals surface area contributed by atoms with E-state index in [9.17, 15) is 18.0 Å². The quantitative estimate of drug-likeness (QED) is 0.526. The van der Waals surface area contributed by atoms with E-state index in [1.807, 2.05) is 0 Å². The Balaban J connectivity index is 1.96. The molecule has 2 amide bonds. The molecule has 146 valence electrons. The van der Waals surface area contributed by atoms with Gasteiger partial charge in [-0.3, -0.25) is 9.59 Å². The maximum absolute atomic E-state index is 13.2. The second kappa shape index (κ2) is 7.95. The average molecular weight is 400 g/mol. The van der Waals surface area contributed by atoms with E-state index in [-0.39, 0.29) is 17.9 Å². The highest BCUT2D eigenvalue weighted by molar-refractivity contribution is 7.89. The molecule has 1 fully saturated rings. The normalized spacial score (nSPS) is 17.2. The minimum absolute atomic E-state index is 0.00793. The highest BCUT2D eigenvalue weighted by Crippen LogP contribution is 2.29. The number of benzene rings is 2. The summed E-state index contributed by atoms with van der Waals surface area (Å²) >= 11 is 0. The van der Waals surface area contributed by atoms with Gasteiger partial charge in [-0.1, -0.05) is 24.3 Å². The van der Waals surface area contributed by atoms with Crippen LogP contribution in [0.15, 0.2) is 72.1 Å². The minimum atomic E-state index is -4.03. The fourth-order valence-corrected chi connectivity index (χ4v) is 4.64. The highest BCUT2D eigenvalue weighted by Gasteiger charge is 2.46. The van der Waals surface area contributed by atoms with Gasteiger partial charge in [0, 0.05) is 6.54 Å². The Morgan fingerprint density at radius 2 is 1.79 bits per heavy atom. The molecule has 0 aliphatic carbocycles. The lowest BCUT2D eigenvalue weighted by Crippen LogP contribution is -2.45. The van der Waals surface area contributed by atoms with E-state index in [1.54, 1.807) is 30.3 Å². The lowest BCUT2D eigenvalue weighted by Gasteiger charge is -2.25. The van der Waals surface area contributed by atoms with Crippen LogP contribution in [0.2, 0.25) is 0 Å². The van der Waals surface area contributed by atoms with Crippen molar-refractivity contribution in [3.05, 3.63) is 67.3 Å². The van der Waals surface area contributed by atoms with Crippen LogP contribution in [0.3, 0.4) is 0 Å². The Kier molecular flexibility index (Phi) is 5.62. The summed E-state index contributed by atoms with van der Waals surface area (Å²) in [4.78, 5) is 26.5. The van der Waals surface area contributed by atoms with E-state index in [0.717, 1.165) is 9.21 Å². The molecule has 28 heavy (non-hydrogen) atoms. The standard InChI is InChI=1S/C20H20N2O5S/c1-3-13-21(28(25,26)17-11-9-16(27-2)10-12-17)18-14-19(23)22(20(18)24)15-7-5-4-6-8-15/h3-12,18H,1,13-14H2,2H3. The number of carbonyl (C=O) groups excluding carboxylic acids is 2. The van der Waals surface area contributed by atoms with Crippen LogP contribution >= 0.6 is 0 Å². The molecule has 0 bridgehead atoms. The summed E-state index contributed by atoms with van der Waals surface area (Å²) in [6.45, 7) is 3.50. The zero-order valence-electron chi connectivity index (χ0n) is 15.3. The largest absolute Gasteiger partial charge is 0.497 e. The molecule has 7 nitrogen and oxygen atoms in total. The number of para-hydroxylation sites is 1. The van der Waals surface area contributed by atoms with Crippen molar-refractivity contribution in [2.75, 3.05) is 18.6 Å². The molecular formula is C20H20N2O5S. The van der Waals surface area contributed by atoms with Crippen molar-refractivity contribution in [1.82, 2.24) is 4.31 Å². The number of sulfonamides is 1. The van der Waals surface area contributed by atoms with E-state index in [1.165, 1.54) is 37.5 Å². The average Bonchev–Trinajstić information content (AvgIpc) is 3.00. The van der Waals surface area contributed by atoms with Crippen LogP contribution in [-0.4, -0.2) is 44.2 Å². The number of imide groups is 1. The lowest BCUT2D eigenvalue weighted by atomic mass is 10.2. The number of carbonyl (C=O) groups is 2. The summed E-state index contributed by atoms with van der Waals surface area (Å²) in [5.41, 5.74) is 0.417. The van der Waals surface area contributed by atoms with Crippen LogP contribution in [0.25, 0.3) is 0 Å². The second-order valence-corrected chi connectivity index (χ2v) is 8.05. The number of methoxy groups -OCH3 is 1. The first-order valence-corrected chi connectivity index (χ1v) is 10.0. The Morgan fingerprint density at radius 3 is 2.36 bits per heavy atom. The third-order valence-electron chi connectivity index (χ3n) is 4.46. The van der Waals surface area contributed by atoms with Crippen molar-refractivity contribution >= 4 is 27.5 Å². The molecule has 0 radical (unpaired) electrons. The predicted octanol–water partition coefficient (Wildman–Crippen LogP) is 2.20. The Morgan fingerprint density at radius 1 is 1.14 bits per heavy atom. The molecule has 8 heteroatoms. The fourth-order valence-electron chi connectivity index (χ4n) is 3.09. The van der Waals surface area contributed by atoms with Crippen molar-refractivity contribution in [2.24, 2.45) is 0 Å². The second-order valence-electron chi connectivity index (χ2n) is 6.16. The molecule has 0 aromatic heterocycles. The first-order chi connectivity index (χ1) is 13.4. The smallest absolute Gasteiger partial charge is 0.252 e. The summed E-state index contributed by atoms with van der Waals surface area (Å²) in [6, 6.07) is 13.2. The van der Waals surface area contributed by atoms with E-state index >= 15 is 0 Å². The molecule has 1 aliphatic heterocycles. The summed E-state index contributed by atoms with van der Waals surface area (Å²) in [7, 11) is -2.55. The van der Waals surface area contributed by atoms with Crippen LogP contribution < -0.4 is 9.64 Å². The molecule has 0 saturated carbocycles. The van der Waals surface area contributed by atoms with Crippen LogP contribution in [0.4, 0.5) is 5.69 Å². The first kappa shape index (κ1) is 19.8. The molecule has 0 N–H and O–H groups in total. The van der Waals surface area contributed by atoms with Crippen molar-refractivity contribution in [1.29, 1.82) is 0 Å². The highest BCUT2D eigenvalue weighted by atomic mass is 32.2. The summed E-state index contributed by atoms with van der Waals surface area (Å²) in [5.74, 6) is -0.507. The van der Waals surface area contributed by atoms with E-state index in [4.69, 9.17) is 4.74 Å². The van der Waals surface area contributed by atoms with Gasteiger partial charge in [-0.2, -0.15) is 4.31 Å². The van der Waals surface area contributed by atoms with Gasteiger partial charge in [-0.25, -0.2) is 13.3 Å². The van der Waals surface area contributed by atoms with Crippen molar-refractivity contribution in [2.45, 2.75) is 17.4 Å². The van der Waals surface area contributed by atoms with Gasteiger partial charge in [-0.15, -0.1) is 6.58 Å². The summed E-state index contributed by atoms with van der Waals surface area (Å²) in [6.07, 6.45) is 1.17. The number of amides is 2. The monoisotopic (exact) mass is 400 g/mol. The third-order valence-corrected chi connectivity index (χ3v) is 6.35. The minimum Gasteiger partial charge on any atom is -0.497 e. The van der Waals surface area contributed by atoms with Crippen LogP contribution in [-0.2, 0) is 19.6 Å². The number of hydrogen-bond donors (Lipinski definition) is 0. The van der Waals surface area contributed by atoms with Gasteiger partial charge < -0.3 is 4.74 Å². The molecule has 0 spiro atoms. The maximum Gasteiger partial charge on any atom is 0.252 e. The zero-order chi connectivity index (χ0) is 20.3. The predicted molar refractivity (Wildman–Crippen MR) is 104 cm³/mol. The van der Waals surface area contributed by atoms with Crippen molar-refractivity contribution in [3.63, 3.8) is 0 Å². The lowest BCUT2D eigenvalue weighted by molar-refractivity contribution is -0.122. The van der Waals surface area contributed by atoms with Gasteiger partial charge >= 0.3 is 0 Å². The molecule has 3 rings (SSSR count). The fraction of sp³-hybridized carbons (Fsp3) is 0.200. The molecule has 1 aliphatic rings. The van der Waals surface area contributed by atoms with Gasteiger partial charge in [0.25, 0.3) is 5.91 Å². The van der Waals surface area contributed by atoms with E-state index in [0.29, 0.717) is 11.4 Å². The van der Waals surface area contributed by atoms with Gasteiger partial charge in [0.1, 0.15) is 11.8 Å². The first-order valence-electron chi connectivity index (χ1n) is 8.58. The number of rotatable bonds is 7.